The quantitative estimate of drug-likeness (QED) is 0.196. The highest BCUT2D eigenvalue weighted by Crippen LogP contribution is 2.15. The number of amides is 1. The largest absolute Gasteiger partial charge is 0.379 e. The third-order valence-electron chi connectivity index (χ3n) is 5.61. The van der Waals surface area contributed by atoms with Crippen molar-refractivity contribution in [2.75, 3.05) is 66.6 Å². The number of benzene rings is 1. The average molecular weight is 572 g/mol. The maximum Gasteiger partial charge on any atom is 0.243 e. The van der Waals surface area contributed by atoms with Crippen molar-refractivity contribution in [3.63, 3.8) is 0 Å². The maximum atomic E-state index is 12.0. The first-order chi connectivity index (χ1) is 15.5. The Hall–Kier alpha value is -1.92. The van der Waals surface area contributed by atoms with Gasteiger partial charge in [0.1, 0.15) is 12.4 Å². The molecule has 0 saturated carbocycles. The van der Waals surface area contributed by atoms with Crippen LogP contribution in [0.15, 0.2) is 29.3 Å². The molecule has 2 heterocycles. The Balaban J connectivity index is 0.00000385. The van der Waals surface area contributed by atoms with Gasteiger partial charge in [-0.2, -0.15) is 0 Å². The number of imidazole rings is 1. The molecular weight excluding hydrogens is 533 g/mol. The smallest absolute Gasteiger partial charge is 0.243 e. The molecule has 1 fully saturated rings. The second kappa shape index (κ2) is 14.4. The number of ether oxygens (including phenoxy) is 1. The van der Waals surface area contributed by atoms with Gasteiger partial charge in [-0.25, -0.2) is 9.98 Å². The zero-order chi connectivity index (χ0) is 22.8. The fourth-order valence-electron chi connectivity index (χ4n) is 3.72. The van der Waals surface area contributed by atoms with Crippen molar-refractivity contribution in [2.24, 2.45) is 4.99 Å². The molecule has 1 aromatic carbocycles. The molecule has 2 aromatic rings. The van der Waals surface area contributed by atoms with Crippen LogP contribution in [0.1, 0.15) is 18.7 Å². The number of carbonyl (C=O) groups excluding carboxylic acids is 1. The molecule has 1 aliphatic heterocycles. The first-order valence-corrected chi connectivity index (χ1v) is 11.5. The summed E-state index contributed by atoms with van der Waals surface area (Å²) in [5.74, 6) is 1.70. The minimum atomic E-state index is -0.0140. The summed E-state index contributed by atoms with van der Waals surface area (Å²) in [4.78, 5) is 25.1. The van der Waals surface area contributed by atoms with E-state index in [-0.39, 0.29) is 36.4 Å². The number of fused-ring (bicyclic) bond motifs is 1. The highest BCUT2D eigenvalue weighted by Gasteiger charge is 2.10. The molecule has 33 heavy (non-hydrogen) atoms. The zero-order valence-electron chi connectivity index (χ0n) is 20.0. The Bertz CT molecular complexity index is 894. The Labute approximate surface area is 214 Å². The number of guanidine groups is 1. The molecule has 10 heteroatoms. The lowest BCUT2D eigenvalue weighted by Gasteiger charge is -2.26. The minimum absolute atomic E-state index is 0. The van der Waals surface area contributed by atoms with E-state index in [4.69, 9.17) is 4.74 Å². The zero-order valence-corrected chi connectivity index (χ0v) is 22.4. The van der Waals surface area contributed by atoms with E-state index in [2.05, 4.69) is 36.1 Å². The number of nitrogens with zero attached hydrogens (tertiary/aromatic N) is 5. The number of nitrogens with one attached hydrogen (secondary N) is 2. The number of carbonyl (C=O) groups is 1. The third kappa shape index (κ3) is 8.74. The molecule has 1 saturated heterocycles. The van der Waals surface area contributed by atoms with Gasteiger partial charge in [-0.05, 0) is 38.4 Å². The number of halogens is 1. The molecule has 0 atom stereocenters. The summed E-state index contributed by atoms with van der Waals surface area (Å²) in [7, 11) is 3.50. The van der Waals surface area contributed by atoms with Crippen molar-refractivity contribution < 1.29 is 9.53 Å². The van der Waals surface area contributed by atoms with Gasteiger partial charge < -0.3 is 24.8 Å². The topological polar surface area (TPSA) is 87.0 Å². The Morgan fingerprint density at radius 2 is 1.79 bits per heavy atom. The van der Waals surface area contributed by atoms with Crippen molar-refractivity contribution in [1.82, 2.24) is 30.0 Å². The van der Waals surface area contributed by atoms with Crippen LogP contribution in [0.25, 0.3) is 11.0 Å². The predicted octanol–water partition coefficient (Wildman–Crippen LogP) is 1.70. The lowest BCUT2D eigenvalue weighted by molar-refractivity contribution is -0.127. The summed E-state index contributed by atoms with van der Waals surface area (Å²) < 4.78 is 7.65. The van der Waals surface area contributed by atoms with E-state index >= 15 is 0 Å². The normalized spacial score (nSPS) is 14.7. The SMILES string of the molecule is Cc1nc2ccccc2n1CCCNC(=NCC(=O)N(C)C)NCCCN1CCOCC1.I. The van der Waals surface area contributed by atoms with Crippen molar-refractivity contribution in [3.8, 4) is 0 Å². The predicted molar refractivity (Wildman–Crippen MR) is 143 cm³/mol. The number of morpholine rings is 1. The van der Waals surface area contributed by atoms with E-state index in [0.29, 0.717) is 5.96 Å². The minimum Gasteiger partial charge on any atom is -0.379 e. The Kier molecular flexibility index (Phi) is 11.9. The number of likely N-dealkylation sites (N-methyl/N-ethyl adjacent to an activating group) is 1. The van der Waals surface area contributed by atoms with E-state index in [1.165, 1.54) is 0 Å². The lowest BCUT2D eigenvalue weighted by atomic mass is 10.3. The molecule has 0 unspecified atom stereocenters. The molecule has 9 nitrogen and oxygen atoms in total. The summed E-state index contributed by atoms with van der Waals surface area (Å²) in [5, 5.41) is 6.76. The highest BCUT2D eigenvalue weighted by atomic mass is 127. The number of rotatable bonds is 10. The summed E-state index contributed by atoms with van der Waals surface area (Å²) in [6.07, 6.45) is 1.94. The van der Waals surface area contributed by atoms with Gasteiger partial charge in [0.25, 0.3) is 0 Å². The molecule has 0 radical (unpaired) electrons. The standard InChI is InChI=1S/C23H37N7O2.HI/c1-19-27-20-8-4-5-9-21(20)30(19)13-7-11-25-23(26-18-22(31)28(2)3)24-10-6-12-29-14-16-32-17-15-29;/h4-5,8-9H,6-7,10-18H2,1-3H3,(H2,24,25,26);1H. The van der Waals surface area contributed by atoms with Crippen molar-refractivity contribution in [1.29, 1.82) is 0 Å². The van der Waals surface area contributed by atoms with Crippen molar-refractivity contribution >= 4 is 46.9 Å². The number of hydrogen-bond donors (Lipinski definition) is 2. The monoisotopic (exact) mass is 571 g/mol. The molecule has 2 N–H and O–H groups in total. The van der Waals surface area contributed by atoms with E-state index in [0.717, 1.165) is 82.2 Å². The van der Waals surface area contributed by atoms with Crippen LogP contribution >= 0.6 is 24.0 Å². The second-order valence-corrected chi connectivity index (χ2v) is 8.27. The number of hydrogen-bond acceptors (Lipinski definition) is 5. The fraction of sp³-hybridized carbons (Fsp3) is 0.609. The Morgan fingerprint density at radius 1 is 1.12 bits per heavy atom. The fourth-order valence-corrected chi connectivity index (χ4v) is 3.72. The third-order valence-corrected chi connectivity index (χ3v) is 5.61. The molecule has 0 aliphatic carbocycles. The summed E-state index contributed by atoms with van der Waals surface area (Å²) in [5.41, 5.74) is 2.20. The van der Waals surface area contributed by atoms with Gasteiger partial charge in [0.2, 0.25) is 5.91 Å². The summed E-state index contributed by atoms with van der Waals surface area (Å²) in [6.45, 7) is 9.30. The van der Waals surface area contributed by atoms with Crippen LogP contribution in [0.2, 0.25) is 0 Å². The molecule has 1 amide bonds. The van der Waals surface area contributed by atoms with Gasteiger partial charge >= 0.3 is 0 Å². The average Bonchev–Trinajstić information content (AvgIpc) is 3.12. The van der Waals surface area contributed by atoms with Gasteiger partial charge in [0.05, 0.1) is 24.2 Å². The molecule has 0 spiro atoms. The number of para-hydroxylation sites is 2. The molecule has 3 rings (SSSR count). The first-order valence-electron chi connectivity index (χ1n) is 11.5. The molecule has 0 bridgehead atoms. The second-order valence-electron chi connectivity index (χ2n) is 8.27. The van der Waals surface area contributed by atoms with Crippen LogP contribution in [0.5, 0.6) is 0 Å². The van der Waals surface area contributed by atoms with Crippen LogP contribution in [0.3, 0.4) is 0 Å². The van der Waals surface area contributed by atoms with E-state index < -0.39 is 0 Å². The van der Waals surface area contributed by atoms with Crippen LogP contribution in [-0.2, 0) is 16.1 Å². The molecule has 1 aromatic heterocycles. The summed E-state index contributed by atoms with van der Waals surface area (Å²) in [6, 6.07) is 8.22. The number of aryl methyl sites for hydroxylation is 2. The van der Waals surface area contributed by atoms with E-state index in [1.807, 2.05) is 25.1 Å². The van der Waals surface area contributed by atoms with Crippen LogP contribution in [0.4, 0.5) is 0 Å². The van der Waals surface area contributed by atoms with E-state index in [1.54, 1.807) is 19.0 Å². The van der Waals surface area contributed by atoms with Gasteiger partial charge in [-0.3, -0.25) is 9.69 Å². The molecule has 184 valence electrons. The Morgan fingerprint density at radius 3 is 2.48 bits per heavy atom. The maximum absolute atomic E-state index is 12.0. The van der Waals surface area contributed by atoms with Gasteiger partial charge in [0, 0.05) is 46.8 Å². The van der Waals surface area contributed by atoms with Crippen LogP contribution in [-0.4, -0.2) is 97.8 Å². The van der Waals surface area contributed by atoms with Crippen molar-refractivity contribution in [3.05, 3.63) is 30.1 Å². The number of aliphatic imine (C=N–C) groups is 1. The van der Waals surface area contributed by atoms with Crippen molar-refractivity contribution in [2.45, 2.75) is 26.3 Å². The highest BCUT2D eigenvalue weighted by molar-refractivity contribution is 14.0. The van der Waals surface area contributed by atoms with E-state index in [9.17, 15) is 4.79 Å². The first kappa shape index (κ1) is 27.3. The van der Waals surface area contributed by atoms with Gasteiger partial charge in [0.15, 0.2) is 5.96 Å². The summed E-state index contributed by atoms with van der Waals surface area (Å²) >= 11 is 0. The van der Waals surface area contributed by atoms with Gasteiger partial charge in [-0.1, -0.05) is 12.1 Å². The molecular formula is C23H38IN7O2. The van der Waals surface area contributed by atoms with Crippen LogP contribution in [0, 0.1) is 6.92 Å². The number of aromatic nitrogens is 2. The lowest BCUT2D eigenvalue weighted by Crippen LogP contribution is -2.41. The van der Waals surface area contributed by atoms with Crippen LogP contribution < -0.4 is 10.6 Å². The molecule has 1 aliphatic rings. The van der Waals surface area contributed by atoms with Gasteiger partial charge in [-0.15, -0.1) is 24.0 Å².